The van der Waals surface area contributed by atoms with Crippen molar-refractivity contribution in [2.75, 3.05) is 5.75 Å². The Bertz CT molecular complexity index is 102. The maximum Gasteiger partial charge on any atom is 0.0188 e. The van der Waals surface area contributed by atoms with Gasteiger partial charge in [-0.1, -0.05) is 6.42 Å². The maximum absolute atomic E-state index is 5.84. The second-order valence-corrected chi connectivity index (χ2v) is 5.14. The van der Waals surface area contributed by atoms with Gasteiger partial charge in [0.05, 0.1) is 0 Å². The Morgan fingerprint density at radius 2 is 2.10 bits per heavy atom. The standard InChI is InChI=1S/C8H17NS/c1-8(2,9)6-10-7-4-3-5-7/h7H,3-6,9H2,1-2H3. The second-order valence-electron chi connectivity index (χ2n) is 3.85. The lowest BCUT2D eigenvalue weighted by molar-refractivity contribution is 0.516. The van der Waals surface area contributed by atoms with Crippen molar-refractivity contribution in [3.05, 3.63) is 0 Å². The molecule has 10 heavy (non-hydrogen) atoms. The minimum absolute atomic E-state index is 0.0280. The Kier molecular flexibility index (Phi) is 2.64. The molecule has 0 aromatic heterocycles. The molecule has 60 valence electrons. The van der Waals surface area contributed by atoms with Crippen molar-refractivity contribution in [1.82, 2.24) is 0 Å². The van der Waals surface area contributed by atoms with Gasteiger partial charge in [-0.25, -0.2) is 0 Å². The first-order valence-electron chi connectivity index (χ1n) is 3.98. The van der Waals surface area contributed by atoms with Crippen LogP contribution in [0.5, 0.6) is 0 Å². The molecule has 0 unspecified atom stereocenters. The van der Waals surface area contributed by atoms with E-state index in [4.69, 9.17) is 5.73 Å². The molecule has 2 heteroatoms. The third-order valence-corrected chi connectivity index (χ3v) is 3.60. The van der Waals surface area contributed by atoms with Crippen molar-refractivity contribution >= 4 is 11.8 Å². The third-order valence-electron chi connectivity index (χ3n) is 1.74. The van der Waals surface area contributed by atoms with E-state index in [1.165, 1.54) is 19.3 Å². The van der Waals surface area contributed by atoms with Gasteiger partial charge in [-0.05, 0) is 26.7 Å². The van der Waals surface area contributed by atoms with Gasteiger partial charge in [-0.3, -0.25) is 0 Å². The lowest BCUT2D eigenvalue weighted by Crippen LogP contribution is -2.36. The predicted molar refractivity (Wildman–Crippen MR) is 48.4 cm³/mol. The Hall–Kier alpha value is 0.310. The van der Waals surface area contributed by atoms with Crippen LogP contribution in [0.2, 0.25) is 0 Å². The van der Waals surface area contributed by atoms with Crippen molar-refractivity contribution < 1.29 is 0 Å². The molecule has 1 rings (SSSR count). The summed E-state index contributed by atoms with van der Waals surface area (Å²) < 4.78 is 0. The van der Waals surface area contributed by atoms with Crippen LogP contribution in [0.1, 0.15) is 33.1 Å². The maximum atomic E-state index is 5.84. The Morgan fingerprint density at radius 3 is 2.40 bits per heavy atom. The molecule has 1 saturated carbocycles. The number of nitrogens with two attached hydrogens (primary N) is 1. The fraction of sp³-hybridized carbons (Fsp3) is 1.00. The highest BCUT2D eigenvalue weighted by Crippen LogP contribution is 2.32. The van der Waals surface area contributed by atoms with Gasteiger partial charge < -0.3 is 5.73 Å². The van der Waals surface area contributed by atoms with Crippen LogP contribution in [0.25, 0.3) is 0 Å². The van der Waals surface area contributed by atoms with E-state index in [-0.39, 0.29) is 5.54 Å². The van der Waals surface area contributed by atoms with Crippen LogP contribution in [0.3, 0.4) is 0 Å². The molecule has 2 N–H and O–H groups in total. The van der Waals surface area contributed by atoms with Gasteiger partial charge >= 0.3 is 0 Å². The first-order valence-corrected chi connectivity index (χ1v) is 5.03. The van der Waals surface area contributed by atoms with Gasteiger partial charge in [0.25, 0.3) is 0 Å². The van der Waals surface area contributed by atoms with Crippen LogP contribution in [0, 0.1) is 0 Å². The smallest absolute Gasteiger partial charge is 0.0188 e. The Morgan fingerprint density at radius 1 is 1.50 bits per heavy atom. The van der Waals surface area contributed by atoms with Crippen molar-refractivity contribution in [3.63, 3.8) is 0 Å². The summed E-state index contributed by atoms with van der Waals surface area (Å²) in [5.74, 6) is 1.11. The summed E-state index contributed by atoms with van der Waals surface area (Å²) in [6.45, 7) is 4.19. The van der Waals surface area contributed by atoms with E-state index in [2.05, 4.69) is 13.8 Å². The highest BCUT2D eigenvalue weighted by molar-refractivity contribution is 8.00. The number of rotatable bonds is 3. The summed E-state index contributed by atoms with van der Waals surface area (Å²) in [5, 5.41) is 0.933. The van der Waals surface area contributed by atoms with Crippen LogP contribution in [0.4, 0.5) is 0 Å². The summed E-state index contributed by atoms with van der Waals surface area (Å²) >= 11 is 2.05. The molecule has 0 amide bonds. The molecule has 0 spiro atoms. The molecule has 1 aliphatic carbocycles. The summed E-state index contributed by atoms with van der Waals surface area (Å²) in [4.78, 5) is 0. The van der Waals surface area contributed by atoms with E-state index in [1.54, 1.807) is 0 Å². The van der Waals surface area contributed by atoms with E-state index in [0.29, 0.717) is 0 Å². The average molecular weight is 159 g/mol. The van der Waals surface area contributed by atoms with Crippen molar-refractivity contribution in [2.45, 2.75) is 43.9 Å². The highest BCUT2D eigenvalue weighted by Gasteiger charge is 2.20. The molecular formula is C8H17NS. The molecular weight excluding hydrogens is 142 g/mol. The number of hydrogen-bond acceptors (Lipinski definition) is 2. The highest BCUT2D eigenvalue weighted by atomic mass is 32.2. The van der Waals surface area contributed by atoms with Crippen LogP contribution in [-0.4, -0.2) is 16.5 Å². The van der Waals surface area contributed by atoms with Crippen molar-refractivity contribution in [2.24, 2.45) is 5.73 Å². The molecule has 0 aliphatic heterocycles. The molecule has 0 saturated heterocycles. The summed E-state index contributed by atoms with van der Waals surface area (Å²) in [6, 6.07) is 0. The van der Waals surface area contributed by atoms with E-state index in [9.17, 15) is 0 Å². The third kappa shape index (κ3) is 2.93. The first kappa shape index (κ1) is 8.41. The Balaban J connectivity index is 2.04. The van der Waals surface area contributed by atoms with Crippen molar-refractivity contribution in [3.8, 4) is 0 Å². The van der Waals surface area contributed by atoms with Gasteiger partial charge in [-0.15, -0.1) is 0 Å². The first-order chi connectivity index (χ1) is 4.58. The molecule has 1 nitrogen and oxygen atoms in total. The summed E-state index contributed by atoms with van der Waals surface area (Å²) in [5.41, 5.74) is 5.87. The van der Waals surface area contributed by atoms with E-state index < -0.39 is 0 Å². The molecule has 0 aromatic carbocycles. The van der Waals surface area contributed by atoms with E-state index >= 15 is 0 Å². The number of hydrogen-bond donors (Lipinski definition) is 1. The molecule has 1 fully saturated rings. The second kappa shape index (κ2) is 3.14. The van der Waals surface area contributed by atoms with Gasteiger partial charge in [0, 0.05) is 16.5 Å². The lowest BCUT2D eigenvalue weighted by atomic mass is 10.00. The normalized spacial score (nSPS) is 20.7. The fourth-order valence-electron chi connectivity index (χ4n) is 0.870. The molecule has 0 atom stereocenters. The van der Waals surface area contributed by atoms with E-state index in [1.807, 2.05) is 11.8 Å². The molecule has 0 bridgehead atoms. The minimum atomic E-state index is 0.0280. The fourth-order valence-corrected chi connectivity index (χ4v) is 2.20. The van der Waals surface area contributed by atoms with Crippen LogP contribution >= 0.6 is 11.8 Å². The summed E-state index contributed by atoms with van der Waals surface area (Å²) in [6.07, 6.45) is 4.27. The predicted octanol–water partition coefficient (Wildman–Crippen LogP) is 2.01. The zero-order valence-electron chi connectivity index (χ0n) is 6.89. The minimum Gasteiger partial charge on any atom is -0.325 e. The zero-order chi connectivity index (χ0) is 7.61. The van der Waals surface area contributed by atoms with Crippen LogP contribution in [0.15, 0.2) is 0 Å². The molecule has 0 radical (unpaired) electrons. The lowest BCUT2D eigenvalue weighted by Gasteiger charge is -2.28. The van der Waals surface area contributed by atoms with Gasteiger partial charge in [0.2, 0.25) is 0 Å². The topological polar surface area (TPSA) is 26.0 Å². The van der Waals surface area contributed by atoms with Crippen molar-refractivity contribution in [1.29, 1.82) is 0 Å². The average Bonchev–Trinajstić information content (AvgIpc) is 1.56. The molecule has 0 heterocycles. The van der Waals surface area contributed by atoms with Gasteiger partial charge in [-0.2, -0.15) is 11.8 Å². The van der Waals surface area contributed by atoms with Gasteiger partial charge in [0.15, 0.2) is 0 Å². The monoisotopic (exact) mass is 159 g/mol. The largest absolute Gasteiger partial charge is 0.325 e. The summed E-state index contributed by atoms with van der Waals surface area (Å²) in [7, 11) is 0. The quantitative estimate of drug-likeness (QED) is 0.681. The zero-order valence-corrected chi connectivity index (χ0v) is 7.71. The molecule has 1 aliphatic rings. The number of thioether (sulfide) groups is 1. The van der Waals surface area contributed by atoms with E-state index in [0.717, 1.165) is 11.0 Å². The van der Waals surface area contributed by atoms with Crippen LogP contribution < -0.4 is 5.73 Å². The Labute approximate surface area is 67.8 Å². The van der Waals surface area contributed by atoms with Gasteiger partial charge in [0.1, 0.15) is 0 Å². The molecule has 0 aromatic rings. The SMILES string of the molecule is CC(C)(N)CSC1CCC1. The van der Waals surface area contributed by atoms with Crippen LogP contribution in [-0.2, 0) is 0 Å².